The summed E-state index contributed by atoms with van der Waals surface area (Å²) in [6, 6.07) is 10.3. The molecule has 0 amide bonds. The summed E-state index contributed by atoms with van der Waals surface area (Å²) in [5, 5.41) is 2.99. The first-order chi connectivity index (χ1) is 9.79. The number of rotatable bonds is 2. The summed E-state index contributed by atoms with van der Waals surface area (Å²) >= 11 is 1.53. The van der Waals surface area contributed by atoms with Crippen molar-refractivity contribution >= 4 is 34.1 Å². The van der Waals surface area contributed by atoms with Crippen molar-refractivity contribution < 1.29 is 0 Å². The van der Waals surface area contributed by atoms with E-state index in [0.717, 1.165) is 21.2 Å². The number of nitrogen functional groups attached to an aromatic ring is 1. The Bertz CT molecular complexity index is 875. The standard InChI is InChI=1S/C14H11N5S/c15-11-8-19-6-5-16-13(19)14(18-11)20-12-7-9-3-1-2-4-10(9)17-12/h1-8,17H,15H2. The molecule has 0 aliphatic heterocycles. The molecule has 4 aromatic rings. The fourth-order valence-electron chi connectivity index (χ4n) is 2.20. The Morgan fingerprint density at radius 1 is 1.25 bits per heavy atom. The van der Waals surface area contributed by atoms with Crippen LogP contribution in [0, 0.1) is 0 Å². The third-order valence-corrected chi connectivity index (χ3v) is 3.98. The third kappa shape index (κ3) is 1.81. The van der Waals surface area contributed by atoms with Crippen LogP contribution >= 0.6 is 11.8 Å². The zero-order valence-electron chi connectivity index (χ0n) is 10.4. The third-order valence-electron chi connectivity index (χ3n) is 3.07. The van der Waals surface area contributed by atoms with E-state index >= 15 is 0 Å². The van der Waals surface area contributed by atoms with Crippen LogP contribution in [-0.4, -0.2) is 19.4 Å². The van der Waals surface area contributed by atoms with Gasteiger partial charge in [0.15, 0.2) is 5.65 Å². The van der Waals surface area contributed by atoms with Crippen molar-refractivity contribution in [3.8, 4) is 0 Å². The van der Waals surface area contributed by atoms with E-state index in [0.29, 0.717) is 5.82 Å². The highest BCUT2D eigenvalue weighted by molar-refractivity contribution is 7.99. The Balaban J connectivity index is 1.81. The second kappa shape index (κ2) is 4.28. The molecule has 0 bridgehead atoms. The molecule has 0 unspecified atom stereocenters. The Morgan fingerprint density at radius 2 is 2.15 bits per heavy atom. The van der Waals surface area contributed by atoms with Crippen molar-refractivity contribution in [1.82, 2.24) is 19.4 Å². The highest BCUT2D eigenvalue weighted by atomic mass is 32.2. The summed E-state index contributed by atoms with van der Waals surface area (Å²) in [6.07, 6.45) is 5.37. The van der Waals surface area contributed by atoms with Gasteiger partial charge in [0.05, 0.1) is 11.2 Å². The lowest BCUT2D eigenvalue weighted by Crippen LogP contribution is -1.97. The molecule has 3 N–H and O–H groups in total. The maximum absolute atomic E-state index is 5.83. The number of para-hydroxylation sites is 1. The van der Waals surface area contributed by atoms with E-state index in [-0.39, 0.29) is 0 Å². The molecule has 98 valence electrons. The number of hydrogen-bond donors (Lipinski definition) is 2. The molecule has 0 aliphatic carbocycles. The van der Waals surface area contributed by atoms with E-state index in [1.165, 1.54) is 17.1 Å². The van der Waals surface area contributed by atoms with Gasteiger partial charge in [0.1, 0.15) is 10.8 Å². The molecule has 0 aliphatic rings. The van der Waals surface area contributed by atoms with Crippen LogP contribution in [-0.2, 0) is 0 Å². The largest absolute Gasteiger partial charge is 0.382 e. The van der Waals surface area contributed by atoms with E-state index < -0.39 is 0 Å². The predicted octanol–water partition coefficient (Wildman–Crippen LogP) is 2.94. The van der Waals surface area contributed by atoms with Gasteiger partial charge in [0.2, 0.25) is 0 Å². The maximum Gasteiger partial charge on any atom is 0.170 e. The zero-order chi connectivity index (χ0) is 13.5. The van der Waals surface area contributed by atoms with E-state index in [1.54, 1.807) is 12.4 Å². The molecule has 20 heavy (non-hydrogen) atoms. The van der Waals surface area contributed by atoms with E-state index in [1.807, 2.05) is 22.7 Å². The molecule has 0 radical (unpaired) electrons. The smallest absolute Gasteiger partial charge is 0.170 e. The van der Waals surface area contributed by atoms with Crippen molar-refractivity contribution in [3.05, 3.63) is 48.9 Å². The van der Waals surface area contributed by atoms with Gasteiger partial charge >= 0.3 is 0 Å². The minimum atomic E-state index is 0.481. The quantitative estimate of drug-likeness (QED) is 0.592. The topological polar surface area (TPSA) is 72.0 Å². The second-order valence-electron chi connectivity index (χ2n) is 4.45. The molecular weight excluding hydrogens is 270 g/mol. The zero-order valence-corrected chi connectivity index (χ0v) is 11.3. The van der Waals surface area contributed by atoms with Crippen LogP contribution in [0.25, 0.3) is 16.6 Å². The van der Waals surface area contributed by atoms with Gasteiger partial charge in [0, 0.05) is 23.3 Å². The molecule has 4 rings (SSSR count). The molecule has 3 aromatic heterocycles. The molecule has 3 heterocycles. The molecule has 5 nitrogen and oxygen atoms in total. The van der Waals surface area contributed by atoms with Crippen molar-refractivity contribution in [3.63, 3.8) is 0 Å². The van der Waals surface area contributed by atoms with Gasteiger partial charge in [0.25, 0.3) is 0 Å². The van der Waals surface area contributed by atoms with Crippen molar-refractivity contribution in [2.24, 2.45) is 0 Å². The summed E-state index contributed by atoms with van der Waals surface area (Å²) in [7, 11) is 0. The lowest BCUT2D eigenvalue weighted by atomic mass is 10.3. The van der Waals surface area contributed by atoms with E-state index in [9.17, 15) is 0 Å². The molecule has 0 spiro atoms. The molecule has 0 atom stereocenters. The molecule has 0 saturated heterocycles. The summed E-state index contributed by atoms with van der Waals surface area (Å²) in [5.74, 6) is 0.481. The fourth-order valence-corrected chi connectivity index (χ4v) is 3.15. The van der Waals surface area contributed by atoms with Gasteiger partial charge in [-0.05, 0) is 23.9 Å². The Morgan fingerprint density at radius 3 is 3.05 bits per heavy atom. The van der Waals surface area contributed by atoms with Crippen molar-refractivity contribution in [1.29, 1.82) is 0 Å². The lowest BCUT2D eigenvalue weighted by molar-refractivity contribution is 1.04. The summed E-state index contributed by atoms with van der Waals surface area (Å²) in [5.41, 5.74) is 7.75. The van der Waals surface area contributed by atoms with Gasteiger partial charge in [-0.3, -0.25) is 0 Å². The second-order valence-corrected chi connectivity index (χ2v) is 5.48. The van der Waals surface area contributed by atoms with Crippen LogP contribution in [0.15, 0.2) is 59.0 Å². The van der Waals surface area contributed by atoms with Crippen LogP contribution in [0.2, 0.25) is 0 Å². The number of H-pyrrole nitrogens is 1. The van der Waals surface area contributed by atoms with Crippen molar-refractivity contribution in [2.45, 2.75) is 10.1 Å². The number of aromatic amines is 1. The van der Waals surface area contributed by atoms with Gasteiger partial charge < -0.3 is 15.1 Å². The first kappa shape index (κ1) is 11.4. The molecular formula is C14H11N5S. The minimum absolute atomic E-state index is 0.481. The van der Waals surface area contributed by atoms with Gasteiger partial charge in [-0.2, -0.15) is 0 Å². The van der Waals surface area contributed by atoms with Crippen LogP contribution in [0.1, 0.15) is 0 Å². The molecule has 6 heteroatoms. The number of hydrogen-bond acceptors (Lipinski definition) is 4. The van der Waals surface area contributed by atoms with Crippen LogP contribution < -0.4 is 5.73 Å². The van der Waals surface area contributed by atoms with E-state index in [4.69, 9.17) is 5.73 Å². The molecule has 0 fully saturated rings. The van der Waals surface area contributed by atoms with Gasteiger partial charge in [-0.1, -0.05) is 18.2 Å². The summed E-state index contributed by atoms with van der Waals surface area (Å²) in [6.45, 7) is 0. The van der Waals surface area contributed by atoms with Gasteiger partial charge in [-0.15, -0.1) is 0 Å². The fraction of sp³-hybridized carbons (Fsp3) is 0. The lowest BCUT2D eigenvalue weighted by Gasteiger charge is -2.02. The highest BCUT2D eigenvalue weighted by Crippen LogP contribution is 2.31. The molecule has 1 aromatic carbocycles. The number of fused-ring (bicyclic) bond motifs is 2. The SMILES string of the molecule is Nc1cn2ccnc2c(Sc2cc3ccccc3[nH]2)n1. The Hall–Kier alpha value is -2.47. The number of anilines is 1. The molecule has 0 saturated carbocycles. The highest BCUT2D eigenvalue weighted by Gasteiger charge is 2.10. The normalized spacial score (nSPS) is 11.4. The number of imidazole rings is 1. The first-order valence-electron chi connectivity index (χ1n) is 6.14. The number of nitrogens with zero attached hydrogens (tertiary/aromatic N) is 3. The van der Waals surface area contributed by atoms with Gasteiger partial charge in [-0.25, -0.2) is 9.97 Å². The average molecular weight is 281 g/mol. The summed E-state index contributed by atoms with van der Waals surface area (Å²) < 4.78 is 1.88. The van der Waals surface area contributed by atoms with Crippen LogP contribution in [0.4, 0.5) is 5.82 Å². The number of aromatic nitrogens is 4. The van der Waals surface area contributed by atoms with Crippen LogP contribution in [0.5, 0.6) is 0 Å². The van der Waals surface area contributed by atoms with E-state index in [2.05, 4.69) is 33.2 Å². The Labute approximate surface area is 118 Å². The van der Waals surface area contributed by atoms with Crippen LogP contribution in [0.3, 0.4) is 0 Å². The maximum atomic E-state index is 5.83. The first-order valence-corrected chi connectivity index (χ1v) is 6.96. The number of nitrogens with one attached hydrogen (secondary N) is 1. The summed E-state index contributed by atoms with van der Waals surface area (Å²) in [4.78, 5) is 12.1. The monoisotopic (exact) mass is 281 g/mol. The predicted molar refractivity (Wildman–Crippen MR) is 79.8 cm³/mol. The Kier molecular flexibility index (Phi) is 2.43. The van der Waals surface area contributed by atoms with Crippen molar-refractivity contribution in [2.75, 3.05) is 5.73 Å². The number of nitrogens with two attached hydrogens (primary N) is 1. The average Bonchev–Trinajstić information content (AvgIpc) is 3.03. The number of benzene rings is 1. The minimum Gasteiger partial charge on any atom is -0.382 e.